The van der Waals surface area contributed by atoms with Crippen LogP contribution in [0.4, 0.5) is 13.2 Å². The number of hydrogen-bond acceptors (Lipinski definition) is 2. The second-order valence-corrected chi connectivity index (χ2v) is 4.07. The molecule has 1 aliphatic carbocycles. The summed E-state index contributed by atoms with van der Waals surface area (Å²) in [4.78, 5) is 10.2. The van der Waals surface area contributed by atoms with Gasteiger partial charge in [0.1, 0.15) is 0 Å². The molecule has 0 bridgehead atoms. The van der Waals surface area contributed by atoms with Crippen LogP contribution in [-0.4, -0.2) is 28.0 Å². The lowest BCUT2D eigenvalue weighted by molar-refractivity contribution is -0.258. The van der Waals surface area contributed by atoms with Gasteiger partial charge >= 0.3 is 12.1 Å². The van der Waals surface area contributed by atoms with Crippen molar-refractivity contribution in [2.75, 3.05) is 0 Å². The third kappa shape index (κ3) is 2.84. The molecule has 0 aliphatic heterocycles. The first kappa shape index (κ1) is 12.3. The van der Waals surface area contributed by atoms with Gasteiger partial charge in [-0.15, -0.1) is 0 Å². The van der Waals surface area contributed by atoms with Gasteiger partial charge in [0, 0.05) is 6.42 Å². The van der Waals surface area contributed by atoms with Gasteiger partial charge < -0.3 is 10.2 Å². The average Bonchev–Trinajstić information content (AvgIpc) is 2.44. The van der Waals surface area contributed by atoms with Gasteiger partial charge in [0.25, 0.3) is 0 Å². The predicted octanol–water partition coefficient (Wildman–Crippen LogP) is 1.94. The van der Waals surface area contributed by atoms with Crippen molar-refractivity contribution >= 4 is 5.97 Å². The molecule has 0 spiro atoms. The van der Waals surface area contributed by atoms with E-state index in [1.807, 2.05) is 0 Å². The minimum Gasteiger partial charge on any atom is -0.481 e. The van der Waals surface area contributed by atoms with Gasteiger partial charge in [-0.1, -0.05) is 0 Å². The van der Waals surface area contributed by atoms with Crippen molar-refractivity contribution in [1.29, 1.82) is 0 Å². The first-order valence-corrected chi connectivity index (χ1v) is 4.75. The largest absolute Gasteiger partial charge is 0.481 e. The normalized spacial score (nSPS) is 31.9. The summed E-state index contributed by atoms with van der Waals surface area (Å²) in [6.45, 7) is 0. The van der Waals surface area contributed by atoms with Gasteiger partial charge in [-0.3, -0.25) is 4.79 Å². The maximum absolute atomic E-state index is 12.4. The van der Waals surface area contributed by atoms with Crippen LogP contribution in [0.5, 0.6) is 0 Å². The molecule has 3 nitrogen and oxygen atoms in total. The van der Waals surface area contributed by atoms with Crippen LogP contribution >= 0.6 is 0 Å². The summed E-state index contributed by atoms with van der Waals surface area (Å²) in [6.07, 6.45) is -4.99. The Balaban J connectivity index is 2.48. The molecule has 6 heteroatoms. The van der Waals surface area contributed by atoms with E-state index in [-0.39, 0.29) is 38.0 Å². The highest BCUT2D eigenvalue weighted by atomic mass is 19.4. The molecule has 15 heavy (non-hydrogen) atoms. The minimum atomic E-state index is -4.61. The standard InChI is InChI=1S/C9H13F3O3/c10-9(11,12)8(15)4-3-6(5-8)1-2-7(13)14/h6,15H,1-5H2,(H,13,14). The van der Waals surface area contributed by atoms with E-state index in [0.29, 0.717) is 0 Å². The zero-order valence-corrected chi connectivity index (χ0v) is 8.05. The lowest BCUT2D eigenvalue weighted by Crippen LogP contribution is -2.42. The van der Waals surface area contributed by atoms with Crippen LogP contribution < -0.4 is 0 Å². The zero-order valence-electron chi connectivity index (χ0n) is 8.05. The highest BCUT2D eigenvalue weighted by Gasteiger charge is 2.56. The maximum atomic E-state index is 12.4. The number of aliphatic carboxylic acids is 1. The highest BCUT2D eigenvalue weighted by Crippen LogP contribution is 2.46. The van der Waals surface area contributed by atoms with E-state index in [9.17, 15) is 23.1 Å². The smallest absolute Gasteiger partial charge is 0.417 e. The monoisotopic (exact) mass is 226 g/mol. The summed E-state index contributed by atoms with van der Waals surface area (Å²) < 4.78 is 37.1. The molecular weight excluding hydrogens is 213 g/mol. The number of carboxylic acid groups (broad SMARTS) is 1. The van der Waals surface area contributed by atoms with Crippen molar-refractivity contribution in [3.63, 3.8) is 0 Å². The second-order valence-electron chi connectivity index (χ2n) is 4.07. The molecule has 0 amide bonds. The highest BCUT2D eigenvalue weighted by molar-refractivity contribution is 5.66. The van der Waals surface area contributed by atoms with E-state index in [1.165, 1.54) is 0 Å². The third-order valence-corrected chi connectivity index (χ3v) is 2.89. The number of aliphatic hydroxyl groups is 1. The van der Waals surface area contributed by atoms with Gasteiger partial charge in [0.2, 0.25) is 0 Å². The van der Waals surface area contributed by atoms with Gasteiger partial charge in [-0.2, -0.15) is 13.2 Å². The van der Waals surface area contributed by atoms with Crippen molar-refractivity contribution in [3.8, 4) is 0 Å². The second kappa shape index (κ2) is 4.00. The van der Waals surface area contributed by atoms with E-state index in [1.54, 1.807) is 0 Å². The van der Waals surface area contributed by atoms with E-state index >= 15 is 0 Å². The Morgan fingerprint density at radius 3 is 2.47 bits per heavy atom. The zero-order chi connectivity index (χ0) is 11.7. The number of alkyl halides is 3. The molecule has 0 radical (unpaired) electrons. The quantitative estimate of drug-likeness (QED) is 0.773. The molecular formula is C9H13F3O3. The molecule has 0 saturated heterocycles. The number of carbonyl (C=O) groups is 1. The molecule has 88 valence electrons. The lowest BCUT2D eigenvalue weighted by atomic mass is 9.97. The molecule has 1 saturated carbocycles. The molecule has 0 aromatic heterocycles. The van der Waals surface area contributed by atoms with Crippen LogP contribution in [0, 0.1) is 5.92 Å². The Morgan fingerprint density at radius 2 is 2.07 bits per heavy atom. The van der Waals surface area contributed by atoms with Gasteiger partial charge in [0.05, 0.1) is 0 Å². The van der Waals surface area contributed by atoms with Gasteiger partial charge in [0.15, 0.2) is 5.60 Å². The van der Waals surface area contributed by atoms with Gasteiger partial charge in [-0.05, 0) is 31.6 Å². The fourth-order valence-corrected chi connectivity index (χ4v) is 1.96. The van der Waals surface area contributed by atoms with Crippen LogP contribution in [0.3, 0.4) is 0 Å². The Kier molecular flexibility index (Phi) is 3.28. The summed E-state index contributed by atoms with van der Waals surface area (Å²) in [5.41, 5.74) is -2.60. The van der Waals surface area contributed by atoms with Crippen molar-refractivity contribution in [3.05, 3.63) is 0 Å². The van der Waals surface area contributed by atoms with Crippen molar-refractivity contribution < 1.29 is 28.2 Å². The number of carboxylic acids is 1. The number of halogens is 3. The molecule has 2 atom stereocenters. The molecule has 0 aromatic carbocycles. The van der Waals surface area contributed by atoms with E-state index < -0.39 is 17.7 Å². The molecule has 1 aliphatic rings. The predicted molar refractivity (Wildman–Crippen MR) is 45.2 cm³/mol. The topological polar surface area (TPSA) is 57.5 Å². The van der Waals surface area contributed by atoms with Crippen LogP contribution in [0.1, 0.15) is 32.1 Å². The third-order valence-electron chi connectivity index (χ3n) is 2.89. The average molecular weight is 226 g/mol. The molecule has 1 fully saturated rings. The molecule has 0 heterocycles. The minimum absolute atomic E-state index is 0.140. The van der Waals surface area contributed by atoms with Gasteiger partial charge in [-0.25, -0.2) is 0 Å². The molecule has 0 aromatic rings. The van der Waals surface area contributed by atoms with Crippen LogP contribution in [0.15, 0.2) is 0 Å². The number of rotatable bonds is 3. The van der Waals surface area contributed by atoms with E-state index in [4.69, 9.17) is 5.11 Å². The molecule has 1 rings (SSSR count). The number of hydrogen-bond donors (Lipinski definition) is 2. The SMILES string of the molecule is O=C(O)CCC1CCC(O)(C(F)(F)F)C1. The lowest BCUT2D eigenvalue weighted by Gasteiger charge is -2.25. The van der Waals surface area contributed by atoms with Crippen molar-refractivity contribution in [2.45, 2.75) is 43.9 Å². The Morgan fingerprint density at radius 1 is 1.47 bits per heavy atom. The Hall–Kier alpha value is -0.780. The summed E-state index contributed by atoms with van der Waals surface area (Å²) in [5.74, 6) is -1.36. The van der Waals surface area contributed by atoms with Crippen LogP contribution in [0.25, 0.3) is 0 Å². The van der Waals surface area contributed by atoms with Crippen LogP contribution in [0.2, 0.25) is 0 Å². The Labute approximate surface area is 84.9 Å². The first-order chi connectivity index (χ1) is 6.74. The van der Waals surface area contributed by atoms with E-state index in [0.717, 1.165) is 0 Å². The van der Waals surface area contributed by atoms with Crippen molar-refractivity contribution in [2.24, 2.45) is 5.92 Å². The molecule has 2 unspecified atom stereocenters. The summed E-state index contributed by atoms with van der Waals surface area (Å²) in [7, 11) is 0. The summed E-state index contributed by atoms with van der Waals surface area (Å²) >= 11 is 0. The van der Waals surface area contributed by atoms with Crippen LogP contribution in [-0.2, 0) is 4.79 Å². The fraction of sp³-hybridized carbons (Fsp3) is 0.889. The first-order valence-electron chi connectivity index (χ1n) is 4.75. The van der Waals surface area contributed by atoms with Crippen molar-refractivity contribution in [1.82, 2.24) is 0 Å². The Bertz CT molecular complexity index is 251. The molecule has 2 N–H and O–H groups in total. The fourth-order valence-electron chi connectivity index (χ4n) is 1.96. The van der Waals surface area contributed by atoms with E-state index in [2.05, 4.69) is 0 Å². The summed E-state index contributed by atoms with van der Waals surface area (Å²) in [6, 6.07) is 0. The maximum Gasteiger partial charge on any atom is 0.417 e. The summed E-state index contributed by atoms with van der Waals surface area (Å²) in [5, 5.41) is 17.7.